The molecule has 0 aliphatic rings. The van der Waals surface area contributed by atoms with Crippen LogP contribution in [0.25, 0.3) is 11.0 Å². The minimum atomic E-state index is -1.08. The minimum Gasteiger partial charge on any atom is -0.480 e. The zero-order valence-corrected chi connectivity index (χ0v) is 7.89. The van der Waals surface area contributed by atoms with Crippen molar-refractivity contribution in [2.75, 3.05) is 0 Å². The second-order valence-electron chi connectivity index (χ2n) is 3.12. The Labute approximate surface area is 83.4 Å². The Morgan fingerprint density at radius 3 is 3.07 bits per heavy atom. The van der Waals surface area contributed by atoms with Crippen LogP contribution < -0.4 is 5.56 Å². The van der Waals surface area contributed by atoms with Gasteiger partial charge in [0.1, 0.15) is 18.3 Å². The van der Waals surface area contributed by atoms with Crippen LogP contribution in [-0.4, -0.2) is 30.8 Å². The van der Waals surface area contributed by atoms with Gasteiger partial charge in [-0.1, -0.05) is 0 Å². The highest BCUT2D eigenvalue weighted by Crippen LogP contribution is 2.05. The molecule has 0 aromatic carbocycles. The number of rotatable bonds is 2. The van der Waals surface area contributed by atoms with E-state index in [-0.39, 0.29) is 0 Å². The van der Waals surface area contributed by atoms with Crippen LogP contribution >= 0.6 is 0 Å². The van der Waals surface area contributed by atoms with Gasteiger partial charge in [0.25, 0.3) is 5.56 Å². The Kier molecular flexibility index (Phi) is 2.00. The fraction of sp³-hybridized carbons (Fsp3) is 0.250. The fourth-order valence-electron chi connectivity index (χ4n) is 1.34. The fourth-order valence-corrected chi connectivity index (χ4v) is 1.34. The Morgan fingerprint density at radius 1 is 1.67 bits per heavy atom. The van der Waals surface area contributed by atoms with Crippen molar-refractivity contribution in [3.63, 3.8) is 0 Å². The highest BCUT2D eigenvalue weighted by atomic mass is 16.4. The number of fused-ring (bicyclic) bond motifs is 1. The largest absolute Gasteiger partial charge is 0.480 e. The number of hydrogen-bond donors (Lipinski definition) is 2. The first-order valence-electron chi connectivity index (χ1n) is 4.21. The van der Waals surface area contributed by atoms with Gasteiger partial charge >= 0.3 is 5.97 Å². The number of aromatic amines is 1. The van der Waals surface area contributed by atoms with Gasteiger partial charge in [-0.3, -0.25) is 19.3 Å². The van der Waals surface area contributed by atoms with Gasteiger partial charge in [-0.15, -0.1) is 0 Å². The molecule has 2 rings (SSSR count). The van der Waals surface area contributed by atoms with Gasteiger partial charge in [0, 0.05) is 5.69 Å². The van der Waals surface area contributed by atoms with Gasteiger partial charge in [0.05, 0.1) is 0 Å². The van der Waals surface area contributed by atoms with E-state index in [0.29, 0.717) is 16.7 Å². The zero-order valence-electron chi connectivity index (χ0n) is 7.89. The van der Waals surface area contributed by atoms with Gasteiger partial charge in [-0.2, -0.15) is 5.10 Å². The number of carboxylic acids is 1. The number of aryl methyl sites for hydroxylation is 1. The number of carbonyl (C=O) groups is 1. The van der Waals surface area contributed by atoms with Crippen molar-refractivity contribution in [1.29, 1.82) is 0 Å². The average molecular weight is 208 g/mol. The summed E-state index contributed by atoms with van der Waals surface area (Å²) in [7, 11) is 0. The van der Waals surface area contributed by atoms with E-state index in [4.69, 9.17) is 5.11 Å². The Bertz CT molecular complexity index is 583. The maximum atomic E-state index is 11.7. The summed E-state index contributed by atoms with van der Waals surface area (Å²) >= 11 is 0. The van der Waals surface area contributed by atoms with Crippen LogP contribution in [0, 0.1) is 6.92 Å². The molecule has 0 amide bonds. The zero-order chi connectivity index (χ0) is 11.0. The summed E-state index contributed by atoms with van der Waals surface area (Å²) in [5.41, 5.74) is 0.495. The molecular formula is C8H8N4O3. The molecule has 0 saturated heterocycles. The highest BCUT2D eigenvalue weighted by Gasteiger charge is 2.10. The average Bonchev–Trinajstić information content (AvgIpc) is 2.53. The lowest BCUT2D eigenvalue weighted by molar-refractivity contribution is -0.137. The van der Waals surface area contributed by atoms with E-state index in [9.17, 15) is 9.59 Å². The van der Waals surface area contributed by atoms with Gasteiger partial charge in [-0.25, -0.2) is 4.98 Å². The summed E-state index contributed by atoms with van der Waals surface area (Å²) < 4.78 is 1.03. The van der Waals surface area contributed by atoms with Crippen LogP contribution in [0.15, 0.2) is 11.1 Å². The van der Waals surface area contributed by atoms with E-state index in [2.05, 4.69) is 15.2 Å². The monoisotopic (exact) mass is 208 g/mol. The summed E-state index contributed by atoms with van der Waals surface area (Å²) in [4.78, 5) is 26.1. The van der Waals surface area contributed by atoms with Gasteiger partial charge in [0.15, 0.2) is 5.65 Å². The van der Waals surface area contributed by atoms with Crippen LogP contribution in [0.5, 0.6) is 0 Å². The van der Waals surface area contributed by atoms with E-state index < -0.39 is 18.1 Å². The molecule has 78 valence electrons. The molecule has 7 heteroatoms. The Hall–Kier alpha value is -2.18. The van der Waals surface area contributed by atoms with Gasteiger partial charge in [-0.05, 0) is 6.92 Å². The van der Waals surface area contributed by atoms with Crippen molar-refractivity contribution in [1.82, 2.24) is 19.7 Å². The summed E-state index contributed by atoms with van der Waals surface area (Å²) in [6.07, 6.45) is 1.18. The number of nitrogens with one attached hydrogen (secondary N) is 1. The van der Waals surface area contributed by atoms with E-state index in [1.807, 2.05) is 0 Å². The summed E-state index contributed by atoms with van der Waals surface area (Å²) in [6, 6.07) is 0. The first-order chi connectivity index (χ1) is 7.09. The lowest BCUT2D eigenvalue weighted by Crippen LogP contribution is -2.24. The molecule has 0 radical (unpaired) electrons. The van der Waals surface area contributed by atoms with E-state index in [1.54, 1.807) is 6.92 Å². The van der Waals surface area contributed by atoms with Crippen LogP contribution in [0.3, 0.4) is 0 Å². The van der Waals surface area contributed by atoms with Gasteiger partial charge < -0.3 is 5.11 Å². The second-order valence-corrected chi connectivity index (χ2v) is 3.12. The smallest absolute Gasteiger partial charge is 0.323 e. The molecule has 0 unspecified atom stereocenters. The lowest BCUT2D eigenvalue weighted by Gasteiger charge is -1.99. The second kappa shape index (κ2) is 3.19. The standard InChI is InChI=1S/C8H8N4O3/c1-4-6-7(11-10-4)9-3-12(8(6)15)2-5(13)14/h3H,2H2,1H3,(H,10,11)(H,13,14). The predicted molar refractivity (Wildman–Crippen MR) is 50.5 cm³/mol. The molecule has 2 N–H and O–H groups in total. The van der Waals surface area contributed by atoms with Crippen LogP contribution in [0.2, 0.25) is 0 Å². The molecule has 7 nitrogen and oxygen atoms in total. The number of carboxylic acid groups (broad SMARTS) is 1. The Balaban J connectivity index is 2.69. The number of nitrogens with zero attached hydrogens (tertiary/aromatic N) is 3. The molecular weight excluding hydrogens is 200 g/mol. The van der Waals surface area contributed by atoms with Crippen molar-refractivity contribution in [2.45, 2.75) is 13.5 Å². The third-order valence-electron chi connectivity index (χ3n) is 2.03. The third kappa shape index (κ3) is 1.47. The molecule has 2 aromatic rings. The highest BCUT2D eigenvalue weighted by molar-refractivity contribution is 5.76. The predicted octanol–water partition coefficient (Wildman–Crippen LogP) is -0.487. The Morgan fingerprint density at radius 2 is 2.40 bits per heavy atom. The third-order valence-corrected chi connectivity index (χ3v) is 2.03. The SMILES string of the molecule is Cc1[nH]nc2ncn(CC(=O)O)c(=O)c12. The van der Waals surface area contributed by atoms with Crippen molar-refractivity contribution in [2.24, 2.45) is 0 Å². The summed E-state index contributed by atoms with van der Waals surface area (Å²) in [5.74, 6) is -1.08. The molecule has 0 aliphatic heterocycles. The molecule has 0 fully saturated rings. The molecule has 0 saturated carbocycles. The van der Waals surface area contributed by atoms with Crippen molar-refractivity contribution in [3.8, 4) is 0 Å². The molecule has 0 spiro atoms. The maximum absolute atomic E-state index is 11.7. The lowest BCUT2D eigenvalue weighted by atomic mass is 10.3. The van der Waals surface area contributed by atoms with Crippen molar-refractivity contribution < 1.29 is 9.90 Å². The van der Waals surface area contributed by atoms with Crippen LogP contribution in [-0.2, 0) is 11.3 Å². The molecule has 0 atom stereocenters. The van der Waals surface area contributed by atoms with Crippen molar-refractivity contribution in [3.05, 3.63) is 22.4 Å². The van der Waals surface area contributed by atoms with Crippen LogP contribution in [0.1, 0.15) is 5.69 Å². The molecule has 0 aliphatic carbocycles. The summed E-state index contributed by atoms with van der Waals surface area (Å²) in [5, 5.41) is 15.3. The van der Waals surface area contributed by atoms with E-state index in [0.717, 1.165) is 4.57 Å². The first kappa shape index (κ1) is 9.38. The quantitative estimate of drug-likeness (QED) is 0.693. The topological polar surface area (TPSA) is 101 Å². The number of H-pyrrole nitrogens is 1. The summed E-state index contributed by atoms with van der Waals surface area (Å²) in [6.45, 7) is 1.29. The van der Waals surface area contributed by atoms with E-state index in [1.165, 1.54) is 6.33 Å². The molecule has 2 heterocycles. The number of aliphatic carboxylic acids is 1. The van der Waals surface area contributed by atoms with Crippen LogP contribution in [0.4, 0.5) is 0 Å². The normalized spacial score (nSPS) is 10.7. The van der Waals surface area contributed by atoms with E-state index >= 15 is 0 Å². The maximum Gasteiger partial charge on any atom is 0.323 e. The minimum absolute atomic E-state index is 0.305. The number of aromatic nitrogens is 4. The molecule has 15 heavy (non-hydrogen) atoms. The first-order valence-corrected chi connectivity index (χ1v) is 4.21. The van der Waals surface area contributed by atoms with Crippen molar-refractivity contribution >= 4 is 17.0 Å². The molecule has 0 bridgehead atoms. The number of hydrogen-bond acceptors (Lipinski definition) is 4. The molecule has 2 aromatic heterocycles. The van der Waals surface area contributed by atoms with Gasteiger partial charge in [0.2, 0.25) is 0 Å².